The van der Waals surface area contributed by atoms with Gasteiger partial charge in [-0.05, 0) is 56.1 Å². The first kappa shape index (κ1) is 19.3. The highest BCUT2D eigenvalue weighted by Crippen LogP contribution is 2.50. The summed E-state index contributed by atoms with van der Waals surface area (Å²) >= 11 is 4.91. The van der Waals surface area contributed by atoms with Crippen molar-refractivity contribution in [2.75, 3.05) is 0 Å². The maximum atomic E-state index is 13.0. The second-order valence-corrected chi connectivity index (χ2v) is 9.40. The fraction of sp³-hybridized carbons (Fsp3) is 0.474. The van der Waals surface area contributed by atoms with Crippen LogP contribution < -0.4 is 0 Å². The van der Waals surface area contributed by atoms with Crippen molar-refractivity contribution in [2.45, 2.75) is 58.1 Å². The van der Waals surface area contributed by atoms with Gasteiger partial charge in [-0.25, -0.2) is 9.78 Å². The van der Waals surface area contributed by atoms with Gasteiger partial charge in [-0.2, -0.15) is 0 Å². The smallest absolute Gasteiger partial charge is 0.413 e. The van der Waals surface area contributed by atoms with Gasteiger partial charge in [0.2, 0.25) is 0 Å². The lowest BCUT2D eigenvalue weighted by Gasteiger charge is -2.34. The van der Waals surface area contributed by atoms with E-state index in [1.54, 1.807) is 4.90 Å². The molecule has 0 radical (unpaired) electrons. The van der Waals surface area contributed by atoms with Crippen LogP contribution in [-0.4, -0.2) is 27.3 Å². The van der Waals surface area contributed by atoms with Crippen LogP contribution in [0.3, 0.4) is 0 Å². The Bertz CT molecular complexity index is 786. The molecule has 0 saturated carbocycles. The number of hydrogen-bond acceptors (Lipinski definition) is 5. The van der Waals surface area contributed by atoms with E-state index in [1.807, 2.05) is 70.3 Å². The molecule has 0 bridgehead atoms. The van der Waals surface area contributed by atoms with E-state index in [1.165, 1.54) is 11.3 Å². The number of amides is 1. The summed E-state index contributed by atoms with van der Waals surface area (Å²) in [7, 11) is 0. The van der Waals surface area contributed by atoms with E-state index in [0.29, 0.717) is 0 Å². The Labute approximate surface area is 166 Å². The monoisotopic (exact) mass is 438 g/mol. The molecule has 2 atom stereocenters. The van der Waals surface area contributed by atoms with Crippen molar-refractivity contribution < 1.29 is 14.3 Å². The Morgan fingerprint density at radius 2 is 1.96 bits per heavy atom. The van der Waals surface area contributed by atoms with Gasteiger partial charge >= 0.3 is 6.09 Å². The standard InChI is InChI=1S/C19H23BrN2O3S/c1-18(2,3)25-17(23)22-14(16-21-13(20)11-26-16)15(24-19(22,4)5)12-9-7-6-8-10-12/h6-11,14-15H,1-5H3/t14-,15+/m0/s1. The molecule has 26 heavy (non-hydrogen) atoms. The van der Waals surface area contributed by atoms with Crippen molar-refractivity contribution >= 4 is 33.4 Å². The van der Waals surface area contributed by atoms with Crippen LogP contribution >= 0.6 is 27.3 Å². The summed E-state index contributed by atoms with van der Waals surface area (Å²) in [6.07, 6.45) is -0.728. The molecule has 1 aromatic heterocycles. The molecule has 7 heteroatoms. The Balaban J connectivity index is 2.06. The number of carbonyl (C=O) groups is 1. The highest BCUT2D eigenvalue weighted by molar-refractivity contribution is 9.10. The van der Waals surface area contributed by atoms with Gasteiger partial charge in [-0.1, -0.05) is 30.3 Å². The van der Waals surface area contributed by atoms with Crippen molar-refractivity contribution in [1.82, 2.24) is 9.88 Å². The van der Waals surface area contributed by atoms with Crippen LogP contribution in [-0.2, 0) is 9.47 Å². The van der Waals surface area contributed by atoms with Gasteiger partial charge in [0, 0.05) is 5.38 Å². The number of benzene rings is 1. The second-order valence-electron chi connectivity index (χ2n) is 7.70. The summed E-state index contributed by atoms with van der Waals surface area (Å²) in [6.45, 7) is 9.35. The van der Waals surface area contributed by atoms with Gasteiger partial charge in [0.25, 0.3) is 0 Å². The molecule has 1 fully saturated rings. The van der Waals surface area contributed by atoms with E-state index in [2.05, 4.69) is 20.9 Å². The van der Waals surface area contributed by atoms with Crippen molar-refractivity contribution in [3.8, 4) is 0 Å². The number of nitrogens with zero attached hydrogens (tertiary/aromatic N) is 2. The predicted molar refractivity (Wildman–Crippen MR) is 105 cm³/mol. The van der Waals surface area contributed by atoms with E-state index >= 15 is 0 Å². The van der Waals surface area contributed by atoms with Gasteiger partial charge in [0.1, 0.15) is 33.1 Å². The molecule has 1 aliphatic rings. The Morgan fingerprint density at radius 1 is 1.31 bits per heavy atom. The molecular formula is C19H23BrN2O3S. The van der Waals surface area contributed by atoms with Crippen LogP contribution in [0.4, 0.5) is 4.79 Å². The van der Waals surface area contributed by atoms with E-state index in [9.17, 15) is 4.79 Å². The highest BCUT2D eigenvalue weighted by Gasteiger charge is 2.53. The van der Waals surface area contributed by atoms with Crippen LogP contribution in [0.25, 0.3) is 0 Å². The van der Waals surface area contributed by atoms with E-state index in [0.717, 1.165) is 15.2 Å². The van der Waals surface area contributed by atoms with Gasteiger partial charge < -0.3 is 9.47 Å². The Hall–Kier alpha value is -1.44. The number of rotatable bonds is 2. The third-order valence-electron chi connectivity index (χ3n) is 4.03. The number of thiazole rings is 1. The van der Waals surface area contributed by atoms with Crippen LogP contribution in [0.2, 0.25) is 0 Å². The molecule has 1 saturated heterocycles. The van der Waals surface area contributed by atoms with Crippen molar-refractivity contribution in [2.24, 2.45) is 0 Å². The first-order chi connectivity index (χ1) is 12.1. The average Bonchev–Trinajstić information content (AvgIpc) is 3.06. The van der Waals surface area contributed by atoms with Crippen LogP contribution in [0.15, 0.2) is 40.3 Å². The first-order valence-corrected chi connectivity index (χ1v) is 10.1. The van der Waals surface area contributed by atoms with Gasteiger partial charge in [0.05, 0.1) is 0 Å². The van der Waals surface area contributed by atoms with Crippen LogP contribution in [0.1, 0.15) is 57.3 Å². The summed E-state index contributed by atoms with van der Waals surface area (Å²) in [5.41, 5.74) is -0.416. The predicted octanol–water partition coefficient (Wildman–Crippen LogP) is 5.69. The molecule has 0 aliphatic carbocycles. The van der Waals surface area contributed by atoms with Crippen LogP contribution in [0.5, 0.6) is 0 Å². The molecule has 2 aromatic rings. The fourth-order valence-electron chi connectivity index (χ4n) is 3.08. The summed E-state index contributed by atoms with van der Waals surface area (Å²) in [4.78, 5) is 19.3. The Kier molecular flexibility index (Phi) is 5.16. The summed E-state index contributed by atoms with van der Waals surface area (Å²) < 4.78 is 12.8. The quantitative estimate of drug-likeness (QED) is 0.603. The molecule has 2 heterocycles. The van der Waals surface area contributed by atoms with Crippen molar-refractivity contribution in [3.05, 3.63) is 50.9 Å². The van der Waals surface area contributed by atoms with E-state index < -0.39 is 17.4 Å². The summed E-state index contributed by atoms with van der Waals surface area (Å²) in [5, 5.41) is 2.72. The number of carbonyl (C=O) groups excluding carboxylic acids is 1. The first-order valence-electron chi connectivity index (χ1n) is 8.44. The van der Waals surface area contributed by atoms with Crippen molar-refractivity contribution in [3.63, 3.8) is 0 Å². The summed E-state index contributed by atoms with van der Waals surface area (Å²) in [6, 6.07) is 9.56. The molecule has 0 spiro atoms. The minimum absolute atomic E-state index is 0.322. The third-order valence-corrected chi connectivity index (χ3v) is 5.65. The maximum absolute atomic E-state index is 13.0. The van der Waals surface area contributed by atoms with Gasteiger partial charge in [-0.15, -0.1) is 11.3 Å². The average molecular weight is 439 g/mol. The zero-order chi connectivity index (χ0) is 19.1. The normalized spacial score (nSPS) is 22.5. The third kappa shape index (κ3) is 3.94. The van der Waals surface area contributed by atoms with E-state index in [-0.39, 0.29) is 12.1 Å². The molecule has 0 N–H and O–H groups in total. The lowest BCUT2D eigenvalue weighted by atomic mass is 10.0. The number of aromatic nitrogens is 1. The molecule has 140 valence electrons. The van der Waals surface area contributed by atoms with Crippen molar-refractivity contribution in [1.29, 1.82) is 0 Å². The topological polar surface area (TPSA) is 51.7 Å². The largest absolute Gasteiger partial charge is 0.444 e. The molecule has 1 amide bonds. The number of halogens is 1. The molecule has 1 aromatic carbocycles. The van der Waals surface area contributed by atoms with Gasteiger partial charge in [0.15, 0.2) is 0 Å². The molecular weight excluding hydrogens is 416 g/mol. The minimum Gasteiger partial charge on any atom is -0.444 e. The van der Waals surface area contributed by atoms with Gasteiger partial charge in [-0.3, -0.25) is 4.90 Å². The second kappa shape index (κ2) is 6.94. The van der Waals surface area contributed by atoms with Crippen LogP contribution in [0, 0.1) is 0 Å². The van der Waals surface area contributed by atoms with E-state index in [4.69, 9.17) is 9.47 Å². The summed E-state index contributed by atoms with van der Waals surface area (Å²) in [5.74, 6) is 0. The SMILES string of the molecule is CC(C)(C)OC(=O)N1[C@H](c2nc(Br)cs2)[C@@H](c2ccccc2)OC1(C)C. The number of hydrogen-bond donors (Lipinski definition) is 0. The minimum atomic E-state index is -0.828. The zero-order valence-electron chi connectivity index (χ0n) is 15.5. The number of ether oxygens (including phenoxy) is 2. The Morgan fingerprint density at radius 3 is 2.50 bits per heavy atom. The highest BCUT2D eigenvalue weighted by atomic mass is 79.9. The molecule has 3 rings (SSSR count). The lowest BCUT2D eigenvalue weighted by molar-refractivity contribution is -0.0796. The fourth-order valence-corrected chi connectivity index (χ4v) is 4.46. The molecule has 1 aliphatic heterocycles. The maximum Gasteiger partial charge on any atom is 0.413 e. The molecule has 5 nitrogen and oxygen atoms in total. The lowest BCUT2D eigenvalue weighted by Crippen LogP contribution is -2.47. The molecule has 0 unspecified atom stereocenters. The zero-order valence-corrected chi connectivity index (χ0v) is 17.9.